The number of hydrogen-bond acceptors (Lipinski definition) is 1. The van der Waals surface area contributed by atoms with Crippen molar-refractivity contribution in [1.82, 2.24) is 0 Å². The van der Waals surface area contributed by atoms with E-state index in [1.165, 1.54) is 0 Å². The van der Waals surface area contributed by atoms with E-state index < -0.39 is 11.6 Å². The highest BCUT2D eigenvalue weighted by Crippen LogP contribution is 2.30. The average molecular weight is 279 g/mol. The van der Waals surface area contributed by atoms with E-state index in [1.807, 2.05) is 6.92 Å². The minimum Gasteiger partial charge on any atom is -0.298 e. The molecule has 110 valence electrons. The summed E-state index contributed by atoms with van der Waals surface area (Å²) in [6, 6.07) is 3.87. The lowest BCUT2D eigenvalue weighted by molar-refractivity contribution is 0.311. The smallest absolute Gasteiger partial charge is 0.162 e. The van der Waals surface area contributed by atoms with Gasteiger partial charge in [0.15, 0.2) is 11.6 Å². The third-order valence-electron chi connectivity index (χ3n) is 4.52. The predicted octanol–water partition coefficient (Wildman–Crippen LogP) is 4.72. The Labute approximate surface area is 120 Å². The van der Waals surface area contributed by atoms with E-state index >= 15 is 0 Å². The van der Waals surface area contributed by atoms with Crippen molar-refractivity contribution in [3.63, 3.8) is 0 Å². The molecule has 0 bridgehead atoms. The van der Waals surface area contributed by atoms with Gasteiger partial charge in [0.25, 0.3) is 0 Å². The minimum atomic E-state index is -0.662. The van der Waals surface area contributed by atoms with Crippen LogP contribution in [0.15, 0.2) is 17.1 Å². The zero-order chi connectivity index (χ0) is 14.5. The zero-order valence-electron chi connectivity index (χ0n) is 12.2. The summed E-state index contributed by atoms with van der Waals surface area (Å²) in [5.41, 5.74) is 0.979. The lowest BCUT2D eigenvalue weighted by Gasteiger charge is -2.26. The van der Waals surface area contributed by atoms with Crippen LogP contribution in [0.2, 0.25) is 0 Å². The molecule has 1 saturated carbocycles. The first-order chi connectivity index (χ1) is 9.65. The second kappa shape index (κ2) is 6.96. The van der Waals surface area contributed by atoms with Crippen molar-refractivity contribution in [3.8, 4) is 0 Å². The van der Waals surface area contributed by atoms with E-state index in [9.17, 15) is 8.78 Å². The molecule has 1 aliphatic carbocycles. The summed E-state index contributed by atoms with van der Waals surface area (Å²) in [6.07, 6.45) is 6.51. The maximum Gasteiger partial charge on any atom is 0.162 e. The van der Waals surface area contributed by atoms with Gasteiger partial charge in [-0.15, -0.1) is 0 Å². The number of halogens is 2. The number of hydrogen-bond donors (Lipinski definition) is 0. The van der Waals surface area contributed by atoms with Gasteiger partial charge < -0.3 is 0 Å². The number of benzene rings is 1. The van der Waals surface area contributed by atoms with E-state index in [0.29, 0.717) is 35.9 Å². The van der Waals surface area contributed by atoms with Crippen molar-refractivity contribution in [2.45, 2.75) is 57.9 Å². The quantitative estimate of drug-likeness (QED) is 0.692. The summed E-state index contributed by atoms with van der Waals surface area (Å²) in [7, 11) is 0. The Hall–Kier alpha value is -1.25. The van der Waals surface area contributed by atoms with E-state index in [4.69, 9.17) is 0 Å². The van der Waals surface area contributed by atoms with Crippen molar-refractivity contribution < 1.29 is 8.78 Å². The first kappa shape index (κ1) is 15.1. The summed E-state index contributed by atoms with van der Waals surface area (Å²) in [5.74, 6) is -0.698. The van der Waals surface area contributed by atoms with Crippen LogP contribution >= 0.6 is 0 Å². The van der Waals surface area contributed by atoms with E-state index in [2.05, 4.69) is 11.7 Å². The molecule has 2 rings (SSSR count). The summed E-state index contributed by atoms with van der Waals surface area (Å²) in [4.78, 5) is 4.09. The molecular formula is C17H23F2N. The minimum absolute atomic E-state index is 0.407. The lowest BCUT2D eigenvalue weighted by atomic mass is 9.83. The summed E-state index contributed by atoms with van der Waals surface area (Å²) >= 11 is 0. The van der Waals surface area contributed by atoms with Crippen molar-refractivity contribution in [2.24, 2.45) is 10.9 Å². The molecule has 3 heteroatoms. The maximum absolute atomic E-state index is 13.9. The molecule has 20 heavy (non-hydrogen) atoms. The van der Waals surface area contributed by atoms with Gasteiger partial charge >= 0.3 is 0 Å². The summed E-state index contributed by atoms with van der Waals surface area (Å²) < 4.78 is 27.7. The van der Waals surface area contributed by atoms with Gasteiger partial charge in [-0.1, -0.05) is 19.1 Å². The molecule has 0 amide bonds. The van der Waals surface area contributed by atoms with Gasteiger partial charge in [-0.2, -0.15) is 0 Å². The van der Waals surface area contributed by atoms with Crippen LogP contribution in [-0.4, -0.2) is 12.8 Å². The van der Waals surface area contributed by atoms with Crippen LogP contribution in [0.3, 0.4) is 0 Å². The van der Waals surface area contributed by atoms with Crippen LogP contribution in [-0.2, 0) is 12.8 Å². The monoisotopic (exact) mass is 279 g/mol. The third kappa shape index (κ3) is 3.44. The molecule has 0 unspecified atom stereocenters. The van der Waals surface area contributed by atoms with Crippen LogP contribution in [0.5, 0.6) is 0 Å². The summed E-state index contributed by atoms with van der Waals surface area (Å²) in [6.45, 7) is 5.44. The van der Waals surface area contributed by atoms with E-state index in [-0.39, 0.29) is 0 Å². The Balaban J connectivity index is 1.91. The van der Waals surface area contributed by atoms with Crippen LogP contribution < -0.4 is 0 Å². The lowest BCUT2D eigenvalue weighted by Crippen LogP contribution is -2.17. The van der Waals surface area contributed by atoms with Crippen molar-refractivity contribution in [1.29, 1.82) is 0 Å². The average Bonchev–Trinajstić information content (AvgIpc) is 2.49. The molecule has 1 fully saturated rings. The van der Waals surface area contributed by atoms with Gasteiger partial charge in [-0.25, -0.2) is 8.78 Å². The third-order valence-corrected chi connectivity index (χ3v) is 4.52. The van der Waals surface area contributed by atoms with Crippen LogP contribution in [0, 0.1) is 17.6 Å². The topological polar surface area (TPSA) is 12.4 Å². The highest BCUT2D eigenvalue weighted by Gasteiger charge is 2.20. The fraction of sp³-hybridized carbons (Fsp3) is 0.588. The van der Waals surface area contributed by atoms with Crippen LogP contribution in [0.25, 0.3) is 0 Å². The molecule has 0 radical (unpaired) electrons. The highest BCUT2D eigenvalue weighted by molar-refractivity contribution is 5.26. The van der Waals surface area contributed by atoms with Gasteiger partial charge in [0.2, 0.25) is 0 Å². The normalized spacial score (nSPS) is 22.8. The Kier molecular flexibility index (Phi) is 5.27. The highest BCUT2D eigenvalue weighted by atomic mass is 19.2. The number of aliphatic imine (C=N–C) groups is 1. The Morgan fingerprint density at radius 2 is 1.70 bits per heavy atom. The molecule has 0 heterocycles. The van der Waals surface area contributed by atoms with Crippen molar-refractivity contribution in [2.75, 3.05) is 0 Å². The molecule has 0 aromatic heterocycles. The molecule has 0 N–H and O–H groups in total. The molecule has 1 aromatic rings. The molecule has 0 saturated heterocycles. The maximum atomic E-state index is 13.9. The van der Waals surface area contributed by atoms with Crippen LogP contribution in [0.4, 0.5) is 8.78 Å². The Morgan fingerprint density at radius 1 is 1.10 bits per heavy atom. The SMILES string of the molecule is C=NC1CCC(CCc2ccc(CC)c(F)c2F)CC1. The van der Waals surface area contributed by atoms with Gasteiger partial charge in [0.05, 0.1) is 0 Å². The second-order valence-electron chi connectivity index (χ2n) is 5.76. The van der Waals surface area contributed by atoms with Gasteiger partial charge in [0, 0.05) is 6.04 Å². The zero-order valence-corrected chi connectivity index (χ0v) is 12.2. The molecule has 0 aliphatic heterocycles. The van der Waals surface area contributed by atoms with Gasteiger partial charge in [-0.3, -0.25) is 4.99 Å². The number of rotatable bonds is 5. The van der Waals surface area contributed by atoms with Crippen LogP contribution in [0.1, 0.15) is 50.2 Å². The predicted molar refractivity (Wildman–Crippen MR) is 79.4 cm³/mol. The van der Waals surface area contributed by atoms with E-state index in [0.717, 1.165) is 32.1 Å². The summed E-state index contributed by atoms with van der Waals surface area (Å²) in [5, 5.41) is 0. The number of aryl methyl sites for hydroxylation is 2. The largest absolute Gasteiger partial charge is 0.298 e. The molecule has 1 aliphatic rings. The molecule has 0 atom stereocenters. The Bertz CT molecular complexity index is 462. The van der Waals surface area contributed by atoms with E-state index in [1.54, 1.807) is 12.1 Å². The Morgan fingerprint density at radius 3 is 2.30 bits per heavy atom. The fourth-order valence-corrected chi connectivity index (χ4v) is 3.07. The van der Waals surface area contributed by atoms with Gasteiger partial charge in [0.1, 0.15) is 0 Å². The molecule has 1 nitrogen and oxygen atoms in total. The van der Waals surface area contributed by atoms with Crippen molar-refractivity contribution in [3.05, 3.63) is 34.9 Å². The number of nitrogens with zero attached hydrogens (tertiary/aromatic N) is 1. The molecule has 1 aromatic carbocycles. The standard InChI is InChI=1S/C17H23F2N/c1-3-13-8-9-14(17(19)16(13)18)7-4-12-5-10-15(20-2)11-6-12/h8-9,12,15H,2-7,10-11H2,1H3. The molecular weight excluding hydrogens is 256 g/mol. The first-order valence-electron chi connectivity index (χ1n) is 7.57. The fourth-order valence-electron chi connectivity index (χ4n) is 3.07. The first-order valence-corrected chi connectivity index (χ1v) is 7.57. The van der Waals surface area contributed by atoms with Gasteiger partial charge in [-0.05, 0) is 68.7 Å². The van der Waals surface area contributed by atoms with Crippen molar-refractivity contribution >= 4 is 6.72 Å². The second-order valence-corrected chi connectivity index (χ2v) is 5.76. The molecule has 0 spiro atoms.